The van der Waals surface area contributed by atoms with Gasteiger partial charge in [0.1, 0.15) is 22.6 Å². The molecule has 0 radical (unpaired) electrons. The van der Waals surface area contributed by atoms with E-state index < -0.39 is 33.0 Å². The van der Waals surface area contributed by atoms with Gasteiger partial charge in [0, 0.05) is 12.4 Å². The molecule has 0 bridgehead atoms. The summed E-state index contributed by atoms with van der Waals surface area (Å²) in [5.41, 5.74) is 2.09. The van der Waals surface area contributed by atoms with E-state index in [-0.39, 0.29) is 0 Å². The van der Waals surface area contributed by atoms with Crippen LogP contribution in [-0.2, 0) is 16.5 Å². The minimum atomic E-state index is -4.65. The van der Waals surface area contributed by atoms with Crippen LogP contribution in [0.1, 0.15) is 18.9 Å². The van der Waals surface area contributed by atoms with Gasteiger partial charge in [-0.05, 0) is 66.8 Å². The van der Waals surface area contributed by atoms with Gasteiger partial charge >= 0.3 is 0 Å². The second-order valence-corrected chi connectivity index (χ2v) is 8.32. The molecule has 0 spiro atoms. The molecule has 0 saturated carbocycles. The van der Waals surface area contributed by atoms with Gasteiger partial charge in [-0.15, -0.1) is 0 Å². The minimum absolute atomic E-state index is 0.431. The fourth-order valence-corrected chi connectivity index (χ4v) is 3.59. The van der Waals surface area contributed by atoms with E-state index in [1.165, 1.54) is 6.07 Å². The van der Waals surface area contributed by atoms with Crippen molar-refractivity contribution in [3.63, 3.8) is 0 Å². The predicted octanol–water partition coefficient (Wildman–Crippen LogP) is 3.90. The highest BCUT2D eigenvalue weighted by molar-refractivity contribution is 7.85. The van der Waals surface area contributed by atoms with Crippen LogP contribution in [0, 0.1) is 5.82 Å². The highest BCUT2D eigenvalue weighted by Gasteiger charge is 2.18. The number of rotatable bonds is 8. The van der Waals surface area contributed by atoms with Crippen molar-refractivity contribution in [2.45, 2.75) is 36.9 Å². The first-order valence-electron chi connectivity index (χ1n) is 9.35. The summed E-state index contributed by atoms with van der Waals surface area (Å²) in [5.74, 6) is -0.487. The number of nitrogens with zero attached hydrogens (tertiary/aromatic N) is 1. The summed E-state index contributed by atoms with van der Waals surface area (Å²) in [6.45, 7) is 1.78. The minimum Gasteiger partial charge on any atom is -0.488 e. The lowest BCUT2D eigenvalue weighted by molar-refractivity contribution is 0.0420. The van der Waals surface area contributed by atoms with E-state index in [9.17, 15) is 17.9 Å². The van der Waals surface area contributed by atoms with Gasteiger partial charge in [-0.2, -0.15) is 8.42 Å². The topological polar surface area (TPSA) is 96.7 Å². The summed E-state index contributed by atoms with van der Waals surface area (Å²) < 4.78 is 51.2. The molecule has 0 unspecified atom stereocenters. The Morgan fingerprint density at radius 2 is 1.80 bits per heavy atom. The largest absolute Gasteiger partial charge is 0.488 e. The number of hydrogen-bond acceptors (Lipinski definition) is 5. The van der Waals surface area contributed by atoms with Crippen molar-refractivity contribution >= 4 is 10.1 Å². The molecule has 1 heterocycles. The van der Waals surface area contributed by atoms with E-state index in [0.29, 0.717) is 29.7 Å². The number of aromatic nitrogens is 1. The van der Waals surface area contributed by atoms with Crippen LogP contribution in [0.5, 0.6) is 5.75 Å². The van der Waals surface area contributed by atoms with Crippen LogP contribution in [0.25, 0.3) is 11.1 Å². The van der Waals surface area contributed by atoms with E-state index >= 15 is 0 Å². The molecule has 0 fully saturated rings. The van der Waals surface area contributed by atoms with E-state index in [0.717, 1.165) is 17.7 Å². The van der Waals surface area contributed by atoms with Gasteiger partial charge in [0.05, 0.1) is 6.10 Å². The highest BCUT2D eigenvalue weighted by atomic mass is 32.2. The quantitative estimate of drug-likeness (QED) is 0.525. The second-order valence-electron chi connectivity index (χ2n) is 6.93. The molecule has 2 atom stereocenters. The number of halogens is 1. The van der Waals surface area contributed by atoms with Gasteiger partial charge in [0.25, 0.3) is 10.1 Å². The number of hydrogen-bond donors (Lipinski definition) is 2. The van der Waals surface area contributed by atoms with Crippen molar-refractivity contribution in [2.24, 2.45) is 0 Å². The number of aryl methyl sites for hydroxylation is 1. The van der Waals surface area contributed by atoms with Crippen LogP contribution in [-0.4, -0.2) is 35.3 Å². The van der Waals surface area contributed by atoms with E-state index in [1.807, 2.05) is 12.1 Å². The lowest BCUT2D eigenvalue weighted by Crippen LogP contribution is -2.29. The summed E-state index contributed by atoms with van der Waals surface area (Å²) in [5, 5.41) is 10.3. The molecule has 2 N–H and O–H groups in total. The summed E-state index contributed by atoms with van der Waals surface area (Å²) in [4.78, 5) is 3.28. The monoisotopic (exact) mass is 431 g/mol. The van der Waals surface area contributed by atoms with E-state index in [2.05, 4.69) is 4.98 Å². The Bertz CT molecular complexity index is 1090. The molecular weight excluding hydrogens is 409 g/mol. The maximum atomic E-state index is 13.6. The smallest absolute Gasteiger partial charge is 0.297 e. The fourth-order valence-electron chi connectivity index (χ4n) is 3.00. The van der Waals surface area contributed by atoms with E-state index in [1.54, 1.807) is 43.6 Å². The third-order valence-corrected chi connectivity index (χ3v) is 5.58. The molecule has 0 aliphatic carbocycles. The van der Waals surface area contributed by atoms with Crippen molar-refractivity contribution in [1.82, 2.24) is 4.98 Å². The number of ether oxygens (including phenoxy) is 1. The molecule has 1 aromatic heterocycles. The zero-order valence-electron chi connectivity index (χ0n) is 16.3. The Hall–Kier alpha value is -2.81. The van der Waals surface area contributed by atoms with Gasteiger partial charge in [0.15, 0.2) is 0 Å². The molecular formula is C22H22FNO5S. The Morgan fingerprint density at radius 3 is 2.43 bits per heavy atom. The maximum absolute atomic E-state index is 13.6. The normalized spacial score (nSPS) is 13.6. The van der Waals surface area contributed by atoms with Crippen molar-refractivity contribution in [3.8, 4) is 16.9 Å². The Morgan fingerprint density at radius 1 is 1.10 bits per heavy atom. The first-order chi connectivity index (χ1) is 14.2. The summed E-state index contributed by atoms with van der Waals surface area (Å²) in [6, 6.07) is 14.0. The Kier molecular flexibility index (Phi) is 6.81. The third-order valence-electron chi connectivity index (χ3n) is 4.71. The molecule has 0 aliphatic heterocycles. The van der Waals surface area contributed by atoms with Crippen molar-refractivity contribution in [1.29, 1.82) is 0 Å². The lowest BCUT2D eigenvalue weighted by Gasteiger charge is -2.20. The number of benzene rings is 2. The zero-order valence-corrected chi connectivity index (χ0v) is 17.1. The molecule has 3 aromatic rings. The molecule has 30 heavy (non-hydrogen) atoms. The zero-order chi connectivity index (χ0) is 21.7. The summed E-state index contributed by atoms with van der Waals surface area (Å²) in [7, 11) is -4.65. The standard InChI is InChI=1S/C22H22FNO5S/c1-15(21(25)11-4-16-3-2-12-24-14-16)29-19-8-5-17(6-9-19)18-7-10-20(23)22(13-18)30(26,27)28/h2-3,5-10,12-15,21,25H,4,11H2,1H3,(H,26,27,28)/t15-,21-/m0/s1. The first kappa shape index (κ1) is 21.9. The van der Waals surface area contributed by atoms with Crippen LogP contribution in [0.2, 0.25) is 0 Å². The maximum Gasteiger partial charge on any atom is 0.297 e. The third kappa shape index (κ3) is 5.63. The molecule has 6 nitrogen and oxygen atoms in total. The predicted molar refractivity (Wildman–Crippen MR) is 110 cm³/mol. The Balaban J connectivity index is 1.64. The van der Waals surface area contributed by atoms with Gasteiger partial charge < -0.3 is 9.84 Å². The SMILES string of the molecule is C[C@H](Oc1ccc(-c2ccc(F)c(S(=O)(=O)O)c2)cc1)[C@@H](O)CCc1cccnc1. The van der Waals surface area contributed by atoms with Crippen molar-refractivity contribution in [3.05, 3.63) is 78.4 Å². The van der Waals surface area contributed by atoms with Gasteiger partial charge in [-0.3, -0.25) is 9.54 Å². The molecule has 158 valence electrons. The van der Waals surface area contributed by atoms with Crippen molar-refractivity contribution < 1.29 is 27.2 Å². The molecule has 0 aliphatic rings. The van der Waals surface area contributed by atoms with Crippen LogP contribution in [0.3, 0.4) is 0 Å². The molecule has 8 heteroatoms. The molecule has 3 rings (SSSR count). The number of aliphatic hydroxyl groups excluding tert-OH is 1. The highest BCUT2D eigenvalue weighted by Crippen LogP contribution is 2.27. The number of pyridine rings is 1. The van der Waals surface area contributed by atoms with Crippen LogP contribution < -0.4 is 4.74 Å². The van der Waals surface area contributed by atoms with Gasteiger partial charge in [-0.1, -0.05) is 24.3 Å². The molecule has 2 aromatic carbocycles. The van der Waals surface area contributed by atoms with Crippen LogP contribution >= 0.6 is 0 Å². The first-order valence-corrected chi connectivity index (χ1v) is 10.8. The van der Waals surface area contributed by atoms with Crippen LogP contribution in [0.4, 0.5) is 4.39 Å². The fraction of sp³-hybridized carbons (Fsp3) is 0.227. The lowest BCUT2D eigenvalue weighted by atomic mass is 10.0. The van der Waals surface area contributed by atoms with E-state index in [4.69, 9.17) is 9.29 Å². The molecule has 0 amide bonds. The Labute approximate surface area is 174 Å². The van der Waals surface area contributed by atoms with Crippen molar-refractivity contribution in [2.75, 3.05) is 0 Å². The summed E-state index contributed by atoms with van der Waals surface area (Å²) in [6.07, 6.45) is 3.56. The summed E-state index contributed by atoms with van der Waals surface area (Å²) >= 11 is 0. The average Bonchev–Trinajstić information content (AvgIpc) is 2.73. The van der Waals surface area contributed by atoms with Crippen LogP contribution in [0.15, 0.2) is 71.9 Å². The second kappa shape index (κ2) is 9.34. The number of aliphatic hydroxyl groups is 1. The van der Waals surface area contributed by atoms with Gasteiger partial charge in [-0.25, -0.2) is 4.39 Å². The molecule has 0 saturated heterocycles. The van der Waals surface area contributed by atoms with Gasteiger partial charge in [0.2, 0.25) is 0 Å². The average molecular weight is 431 g/mol.